The summed E-state index contributed by atoms with van der Waals surface area (Å²) in [5, 5.41) is 3.57. The Hall–Kier alpha value is -1.21. The molecule has 0 amide bonds. The van der Waals surface area contributed by atoms with Crippen LogP contribution < -0.4 is 10.2 Å². The summed E-state index contributed by atoms with van der Waals surface area (Å²) in [6.45, 7) is 9.48. The summed E-state index contributed by atoms with van der Waals surface area (Å²) in [4.78, 5) is 9.08. The van der Waals surface area contributed by atoms with E-state index in [1.807, 2.05) is 13.2 Å². The van der Waals surface area contributed by atoms with Crippen LogP contribution in [-0.4, -0.2) is 76.1 Å². The number of hydrogen-bond donors (Lipinski definition) is 1. The van der Waals surface area contributed by atoms with E-state index in [0.29, 0.717) is 12.6 Å². The Bertz CT molecular complexity index is 435. The minimum absolute atomic E-state index is 0.456. The van der Waals surface area contributed by atoms with Gasteiger partial charge in [0.1, 0.15) is 5.82 Å². The van der Waals surface area contributed by atoms with Gasteiger partial charge in [-0.3, -0.25) is 4.90 Å². The number of hydrogen-bond acceptors (Lipinski definition) is 6. The largest absolute Gasteiger partial charge is 0.383 e. The molecule has 6 nitrogen and oxygen atoms in total. The lowest BCUT2D eigenvalue weighted by Gasteiger charge is -2.29. The van der Waals surface area contributed by atoms with Crippen molar-refractivity contribution in [3.63, 3.8) is 0 Å². The lowest BCUT2D eigenvalue weighted by atomic mass is 10.2. The molecule has 1 aliphatic heterocycles. The predicted molar refractivity (Wildman–Crippen MR) is 92.9 cm³/mol. The number of nitrogens with one attached hydrogen (secondary N) is 1. The maximum Gasteiger partial charge on any atom is 0.128 e. The molecule has 6 heteroatoms. The van der Waals surface area contributed by atoms with Crippen LogP contribution in [0.1, 0.15) is 12.5 Å². The minimum Gasteiger partial charge on any atom is -0.383 e. The minimum atomic E-state index is 0.456. The number of methoxy groups -OCH3 is 1. The van der Waals surface area contributed by atoms with E-state index in [0.717, 1.165) is 51.8 Å². The quantitative estimate of drug-likeness (QED) is 0.731. The SMILES string of the molecule is COCCN(C)c1ccc(CN[C@@H](C)CN2CCOCC2)cn1. The monoisotopic (exact) mass is 322 g/mol. The highest BCUT2D eigenvalue weighted by Crippen LogP contribution is 2.09. The molecule has 1 saturated heterocycles. The zero-order valence-electron chi connectivity index (χ0n) is 14.6. The first kappa shape index (κ1) is 18.1. The average Bonchev–Trinajstić information content (AvgIpc) is 2.59. The number of aromatic nitrogens is 1. The number of pyridine rings is 1. The molecule has 2 rings (SSSR count). The van der Waals surface area contributed by atoms with Crippen molar-refractivity contribution in [2.24, 2.45) is 0 Å². The van der Waals surface area contributed by atoms with E-state index in [2.05, 4.69) is 39.2 Å². The van der Waals surface area contributed by atoms with E-state index < -0.39 is 0 Å². The Morgan fingerprint density at radius 2 is 2.17 bits per heavy atom. The fraction of sp³-hybridized carbons (Fsp3) is 0.706. The molecule has 0 aliphatic carbocycles. The summed E-state index contributed by atoms with van der Waals surface area (Å²) < 4.78 is 10.5. The smallest absolute Gasteiger partial charge is 0.128 e. The van der Waals surface area contributed by atoms with Gasteiger partial charge >= 0.3 is 0 Å². The van der Waals surface area contributed by atoms with Crippen LogP contribution in [0.5, 0.6) is 0 Å². The molecule has 0 spiro atoms. The predicted octanol–water partition coefficient (Wildman–Crippen LogP) is 0.975. The van der Waals surface area contributed by atoms with Gasteiger partial charge in [0.15, 0.2) is 0 Å². The highest BCUT2D eigenvalue weighted by molar-refractivity contribution is 5.38. The molecule has 0 aromatic carbocycles. The Morgan fingerprint density at radius 1 is 1.39 bits per heavy atom. The second kappa shape index (κ2) is 9.82. The van der Waals surface area contributed by atoms with Crippen molar-refractivity contribution >= 4 is 5.82 Å². The van der Waals surface area contributed by atoms with E-state index in [4.69, 9.17) is 9.47 Å². The van der Waals surface area contributed by atoms with Crippen LogP contribution in [0.25, 0.3) is 0 Å². The Kier molecular flexibility index (Phi) is 7.74. The van der Waals surface area contributed by atoms with Gasteiger partial charge in [-0.2, -0.15) is 0 Å². The lowest BCUT2D eigenvalue weighted by molar-refractivity contribution is 0.0343. The summed E-state index contributed by atoms with van der Waals surface area (Å²) in [5.41, 5.74) is 1.21. The normalized spacial score (nSPS) is 17.2. The van der Waals surface area contributed by atoms with E-state index in [1.165, 1.54) is 5.56 Å². The Balaban J connectivity index is 1.72. The highest BCUT2D eigenvalue weighted by atomic mass is 16.5. The van der Waals surface area contributed by atoms with E-state index in [9.17, 15) is 0 Å². The van der Waals surface area contributed by atoms with E-state index >= 15 is 0 Å². The third-order valence-corrected chi connectivity index (χ3v) is 4.12. The molecule has 1 aromatic heterocycles. The zero-order chi connectivity index (χ0) is 16.5. The van der Waals surface area contributed by atoms with Gasteiger partial charge < -0.3 is 19.7 Å². The lowest BCUT2D eigenvalue weighted by Crippen LogP contribution is -2.44. The molecule has 0 radical (unpaired) electrons. The first-order chi connectivity index (χ1) is 11.2. The highest BCUT2D eigenvalue weighted by Gasteiger charge is 2.13. The van der Waals surface area contributed by atoms with Gasteiger partial charge in [0.05, 0.1) is 19.8 Å². The number of morpholine rings is 1. The van der Waals surface area contributed by atoms with Gasteiger partial charge in [-0.25, -0.2) is 4.98 Å². The Morgan fingerprint density at radius 3 is 2.83 bits per heavy atom. The summed E-state index contributed by atoms with van der Waals surface area (Å²) in [6, 6.07) is 4.66. The maximum absolute atomic E-state index is 5.38. The third kappa shape index (κ3) is 6.43. The molecule has 1 atom stereocenters. The van der Waals surface area contributed by atoms with Crippen molar-refractivity contribution in [1.82, 2.24) is 15.2 Å². The fourth-order valence-electron chi connectivity index (χ4n) is 2.62. The van der Waals surface area contributed by atoms with Gasteiger partial charge in [0, 0.05) is 59.1 Å². The van der Waals surface area contributed by atoms with Gasteiger partial charge in [-0.15, -0.1) is 0 Å². The van der Waals surface area contributed by atoms with Crippen LogP contribution in [-0.2, 0) is 16.0 Å². The van der Waals surface area contributed by atoms with Crippen LogP contribution in [0.2, 0.25) is 0 Å². The van der Waals surface area contributed by atoms with Gasteiger partial charge in [0.2, 0.25) is 0 Å². The van der Waals surface area contributed by atoms with Crippen LogP contribution in [0, 0.1) is 0 Å². The first-order valence-electron chi connectivity index (χ1n) is 8.37. The number of ether oxygens (including phenoxy) is 2. The molecule has 1 aliphatic rings. The van der Waals surface area contributed by atoms with Crippen molar-refractivity contribution in [2.75, 3.05) is 65.1 Å². The third-order valence-electron chi connectivity index (χ3n) is 4.12. The van der Waals surface area contributed by atoms with Crippen LogP contribution >= 0.6 is 0 Å². The summed E-state index contributed by atoms with van der Waals surface area (Å²) >= 11 is 0. The fourth-order valence-corrected chi connectivity index (χ4v) is 2.62. The second-order valence-electron chi connectivity index (χ2n) is 6.13. The number of nitrogens with zero attached hydrogens (tertiary/aromatic N) is 3. The average molecular weight is 322 g/mol. The number of anilines is 1. The number of likely N-dealkylation sites (N-methyl/N-ethyl adjacent to an activating group) is 1. The molecule has 23 heavy (non-hydrogen) atoms. The molecule has 0 unspecified atom stereocenters. The molecule has 1 fully saturated rings. The van der Waals surface area contributed by atoms with Crippen molar-refractivity contribution < 1.29 is 9.47 Å². The Labute approximate surface area is 139 Å². The topological polar surface area (TPSA) is 49.9 Å². The molecule has 0 saturated carbocycles. The van der Waals surface area contributed by atoms with Crippen molar-refractivity contribution in [1.29, 1.82) is 0 Å². The van der Waals surface area contributed by atoms with Crippen molar-refractivity contribution in [2.45, 2.75) is 19.5 Å². The molecule has 2 heterocycles. The zero-order valence-corrected chi connectivity index (χ0v) is 14.6. The second-order valence-corrected chi connectivity index (χ2v) is 6.13. The first-order valence-corrected chi connectivity index (χ1v) is 8.37. The summed E-state index contributed by atoms with van der Waals surface area (Å²) in [5.74, 6) is 0.979. The standard InChI is InChI=1S/C17H30N4O2/c1-15(14-21-7-10-23-11-8-21)18-12-16-4-5-17(19-13-16)20(2)6-9-22-3/h4-5,13,15,18H,6-12,14H2,1-3H3/t15-/m0/s1. The number of rotatable bonds is 9. The maximum atomic E-state index is 5.38. The summed E-state index contributed by atoms with van der Waals surface area (Å²) in [6.07, 6.45) is 1.95. The molecule has 1 aromatic rings. The molecular formula is C17H30N4O2. The van der Waals surface area contributed by atoms with E-state index in [1.54, 1.807) is 7.11 Å². The van der Waals surface area contributed by atoms with Gasteiger partial charge in [0.25, 0.3) is 0 Å². The van der Waals surface area contributed by atoms with Crippen molar-refractivity contribution in [3.05, 3.63) is 23.9 Å². The molecule has 0 bridgehead atoms. The van der Waals surface area contributed by atoms with Crippen molar-refractivity contribution in [3.8, 4) is 0 Å². The van der Waals surface area contributed by atoms with Crippen LogP contribution in [0.4, 0.5) is 5.82 Å². The molecule has 130 valence electrons. The van der Waals surface area contributed by atoms with E-state index in [-0.39, 0.29) is 0 Å². The van der Waals surface area contributed by atoms with Gasteiger partial charge in [-0.1, -0.05) is 6.07 Å². The molecular weight excluding hydrogens is 292 g/mol. The molecule has 1 N–H and O–H groups in total. The van der Waals surface area contributed by atoms with Crippen LogP contribution in [0.15, 0.2) is 18.3 Å². The summed E-state index contributed by atoms with van der Waals surface area (Å²) in [7, 11) is 3.75. The van der Waals surface area contributed by atoms with Gasteiger partial charge in [-0.05, 0) is 18.6 Å². The van der Waals surface area contributed by atoms with Crippen LogP contribution in [0.3, 0.4) is 0 Å².